The molecule has 17 heavy (non-hydrogen) atoms. The van der Waals surface area contributed by atoms with Gasteiger partial charge in [-0.05, 0) is 25.1 Å². The summed E-state index contributed by atoms with van der Waals surface area (Å²) in [6.07, 6.45) is 3.76. The molecule has 0 saturated heterocycles. The molecule has 4 nitrogen and oxygen atoms in total. The van der Waals surface area contributed by atoms with E-state index in [4.69, 9.17) is 5.26 Å². The Labute approximate surface area is 101 Å². The van der Waals surface area contributed by atoms with Crippen LogP contribution in [-0.2, 0) is 13.1 Å². The van der Waals surface area contributed by atoms with Crippen LogP contribution in [-0.4, -0.2) is 9.55 Å². The number of aromatic nitrogens is 2. The summed E-state index contributed by atoms with van der Waals surface area (Å²) in [7, 11) is 0. The Morgan fingerprint density at radius 2 is 2.35 bits per heavy atom. The fourth-order valence-corrected chi connectivity index (χ4v) is 1.67. The average molecular weight is 226 g/mol. The number of nitriles is 1. The second-order valence-electron chi connectivity index (χ2n) is 3.68. The summed E-state index contributed by atoms with van der Waals surface area (Å²) in [5.41, 5.74) is 1.60. The van der Waals surface area contributed by atoms with Gasteiger partial charge in [0.25, 0.3) is 0 Å². The van der Waals surface area contributed by atoms with Gasteiger partial charge < -0.3 is 9.88 Å². The molecular formula is C13H14N4. The van der Waals surface area contributed by atoms with E-state index in [0.29, 0.717) is 12.1 Å². The molecule has 0 aliphatic rings. The first-order chi connectivity index (χ1) is 8.33. The molecule has 0 aliphatic carbocycles. The first-order valence-corrected chi connectivity index (χ1v) is 5.57. The van der Waals surface area contributed by atoms with E-state index in [-0.39, 0.29) is 0 Å². The van der Waals surface area contributed by atoms with Gasteiger partial charge in [-0.2, -0.15) is 5.26 Å². The maximum Gasteiger partial charge on any atom is 0.128 e. The second-order valence-corrected chi connectivity index (χ2v) is 3.68. The van der Waals surface area contributed by atoms with E-state index in [2.05, 4.69) is 27.9 Å². The number of benzene rings is 1. The van der Waals surface area contributed by atoms with Crippen molar-refractivity contribution in [2.24, 2.45) is 0 Å². The predicted molar refractivity (Wildman–Crippen MR) is 66.4 cm³/mol. The Morgan fingerprint density at radius 1 is 1.47 bits per heavy atom. The molecule has 1 aromatic carbocycles. The Hall–Kier alpha value is -2.28. The molecule has 0 aliphatic heterocycles. The fraction of sp³-hybridized carbons (Fsp3) is 0.231. The minimum atomic E-state index is 0.661. The van der Waals surface area contributed by atoms with Crippen molar-refractivity contribution in [3.63, 3.8) is 0 Å². The minimum Gasteiger partial charge on any atom is -0.378 e. The number of aryl methyl sites for hydroxylation is 1. The summed E-state index contributed by atoms with van der Waals surface area (Å²) < 4.78 is 2.08. The van der Waals surface area contributed by atoms with Crippen LogP contribution in [0.2, 0.25) is 0 Å². The normalized spacial score (nSPS) is 9.88. The highest BCUT2D eigenvalue weighted by Gasteiger charge is 2.01. The van der Waals surface area contributed by atoms with Crippen LogP contribution in [0.15, 0.2) is 36.7 Å². The highest BCUT2D eigenvalue weighted by atomic mass is 15.1. The molecule has 0 saturated carbocycles. The van der Waals surface area contributed by atoms with Gasteiger partial charge in [0, 0.05) is 24.6 Å². The summed E-state index contributed by atoms with van der Waals surface area (Å²) >= 11 is 0. The van der Waals surface area contributed by atoms with E-state index in [1.807, 2.05) is 24.4 Å². The number of rotatable bonds is 4. The number of hydrogen-bond acceptors (Lipinski definition) is 3. The zero-order valence-corrected chi connectivity index (χ0v) is 9.72. The summed E-state index contributed by atoms with van der Waals surface area (Å²) in [4.78, 5) is 4.28. The highest BCUT2D eigenvalue weighted by molar-refractivity contribution is 5.49. The molecule has 1 heterocycles. The van der Waals surface area contributed by atoms with Crippen LogP contribution in [0.1, 0.15) is 18.3 Å². The van der Waals surface area contributed by atoms with Crippen LogP contribution in [0.3, 0.4) is 0 Å². The van der Waals surface area contributed by atoms with Crippen molar-refractivity contribution in [3.8, 4) is 6.07 Å². The SMILES string of the molecule is CCn1ccnc1CNc1cccc(C#N)c1. The lowest BCUT2D eigenvalue weighted by Crippen LogP contribution is -2.07. The molecule has 4 heteroatoms. The van der Waals surface area contributed by atoms with E-state index < -0.39 is 0 Å². The van der Waals surface area contributed by atoms with Gasteiger partial charge in [0.1, 0.15) is 5.82 Å². The number of nitrogens with one attached hydrogen (secondary N) is 1. The highest BCUT2D eigenvalue weighted by Crippen LogP contribution is 2.11. The smallest absolute Gasteiger partial charge is 0.128 e. The van der Waals surface area contributed by atoms with Crippen LogP contribution in [0.4, 0.5) is 5.69 Å². The minimum absolute atomic E-state index is 0.661. The molecule has 0 amide bonds. The van der Waals surface area contributed by atoms with E-state index in [1.165, 1.54) is 0 Å². The van der Waals surface area contributed by atoms with Crippen molar-refractivity contribution in [2.75, 3.05) is 5.32 Å². The topological polar surface area (TPSA) is 53.6 Å². The van der Waals surface area contributed by atoms with E-state index in [1.54, 1.807) is 12.3 Å². The summed E-state index contributed by atoms with van der Waals surface area (Å²) in [5.74, 6) is 0.995. The molecular weight excluding hydrogens is 212 g/mol. The third kappa shape index (κ3) is 2.64. The first-order valence-electron chi connectivity index (χ1n) is 5.57. The largest absolute Gasteiger partial charge is 0.378 e. The Kier molecular flexibility index (Phi) is 3.41. The van der Waals surface area contributed by atoms with Crippen molar-refractivity contribution in [1.29, 1.82) is 5.26 Å². The molecule has 2 rings (SSSR count). The van der Waals surface area contributed by atoms with Crippen molar-refractivity contribution in [1.82, 2.24) is 9.55 Å². The first kappa shape index (κ1) is 11.2. The number of anilines is 1. The van der Waals surface area contributed by atoms with Gasteiger partial charge in [-0.15, -0.1) is 0 Å². The van der Waals surface area contributed by atoms with Crippen LogP contribution >= 0.6 is 0 Å². The summed E-state index contributed by atoms with van der Waals surface area (Å²) in [6, 6.07) is 9.56. The Bertz CT molecular complexity index is 536. The van der Waals surface area contributed by atoms with Crippen LogP contribution in [0.5, 0.6) is 0 Å². The lowest BCUT2D eigenvalue weighted by Gasteiger charge is -2.07. The van der Waals surface area contributed by atoms with Gasteiger partial charge in [-0.3, -0.25) is 0 Å². The molecule has 0 radical (unpaired) electrons. The third-order valence-electron chi connectivity index (χ3n) is 2.58. The number of imidazole rings is 1. The zero-order chi connectivity index (χ0) is 12.1. The van der Waals surface area contributed by atoms with Gasteiger partial charge >= 0.3 is 0 Å². The van der Waals surface area contributed by atoms with E-state index in [0.717, 1.165) is 18.1 Å². The Balaban J connectivity index is 2.05. The third-order valence-corrected chi connectivity index (χ3v) is 2.58. The van der Waals surface area contributed by atoms with Crippen molar-refractivity contribution in [2.45, 2.75) is 20.0 Å². The van der Waals surface area contributed by atoms with Crippen LogP contribution in [0.25, 0.3) is 0 Å². The van der Waals surface area contributed by atoms with Crippen LogP contribution < -0.4 is 5.32 Å². The number of hydrogen-bond donors (Lipinski definition) is 1. The fourth-order valence-electron chi connectivity index (χ4n) is 1.67. The predicted octanol–water partition coefficient (Wildman–Crippen LogP) is 2.39. The second kappa shape index (κ2) is 5.17. The molecule has 0 bridgehead atoms. The van der Waals surface area contributed by atoms with E-state index >= 15 is 0 Å². The molecule has 86 valence electrons. The summed E-state index contributed by atoms with van der Waals surface area (Å²) in [6.45, 7) is 3.66. The van der Waals surface area contributed by atoms with Gasteiger partial charge in [-0.1, -0.05) is 6.07 Å². The molecule has 0 fully saturated rings. The lowest BCUT2D eigenvalue weighted by atomic mass is 10.2. The quantitative estimate of drug-likeness (QED) is 0.870. The van der Waals surface area contributed by atoms with Crippen molar-refractivity contribution >= 4 is 5.69 Å². The van der Waals surface area contributed by atoms with Gasteiger partial charge in [0.15, 0.2) is 0 Å². The monoisotopic (exact) mass is 226 g/mol. The zero-order valence-electron chi connectivity index (χ0n) is 9.72. The maximum absolute atomic E-state index is 8.80. The molecule has 0 atom stereocenters. The lowest BCUT2D eigenvalue weighted by molar-refractivity contribution is 0.708. The Morgan fingerprint density at radius 3 is 3.12 bits per heavy atom. The molecule has 1 N–H and O–H groups in total. The van der Waals surface area contributed by atoms with Gasteiger partial charge in [-0.25, -0.2) is 4.98 Å². The maximum atomic E-state index is 8.80. The number of nitrogens with zero attached hydrogens (tertiary/aromatic N) is 3. The molecule has 0 spiro atoms. The van der Waals surface area contributed by atoms with E-state index in [9.17, 15) is 0 Å². The standard InChI is InChI=1S/C13H14N4/c1-2-17-7-6-15-13(17)10-16-12-5-3-4-11(8-12)9-14/h3-8,16H,2,10H2,1H3. The van der Waals surface area contributed by atoms with Crippen molar-refractivity contribution in [3.05, 3.63) is 48.0 Å². The van der Waals surface area contributed by atoms with Crippen molar-refractivity contribution < 1.29 is 0 Å². The summed E-state index contributed by atoms with van der Waals surface area (Å²) in [5, 5.41) is 12.1. The van der Waals surface area contributed by atoms with Gasteiger partial charge in [0.2, 0.25) is 0 Å². The average Bonchev–Trinajstić information content (AvgIpc) is 2.84. The molecule has 1 aromatic heterocycles. The molecule has 0 unspecified atom stereocenters. The molecule has 2 aromatic rings. The van der Waals surface area contributed by atoms with Crippen LogP contribution in [0, 0.1) is 11.3 Å². The van der Waals surface area contributed by atoms with Gasteiger partial charge in [0.05, 0.1) is 18.2 Å².